The number of hydrogen-bond acceptors (Lipinski definition) is 1. The van der Waals surface area contributed by atoms with Gasteiger partial charge in [0, 0.05) is 0 Å². The van der Waals surface area contributed by atoms with E-state index in [1.807, 2.05) is 0 Å². The van der Waals surface area contributed by atoms with Crippen LogP contribution in [-0.2, 0) is 26.2 Å². The molecular formula is C8H18OZr. The molecule has 0 saturated carbocycles. The van der Waals surface area contributed by atoms with Crippen LogP contribution in [0.2, 0.25) is 0 Å². The van der Waals surface area contributed by atoms with Crippen molar-refractivity contribution in [2.75, 3.05) is 0 Å². The molecule has 1 N–H and O–H groups in total. The fourth-order valence-electron chi connectivity index (χ4n) is 0.780. The maximum Gasteiger partial charge on any atom is 2.00 e. The smallest absolute Gasteiger partial charge is 0.870 e. The molecule has 0 aromatic carbocycles. The van der Waals surface area contributed by atoms with E-state index in [1.165, 1.54) is 32.1 Å². The van der Waals surface area contributed by atoms with Gasteiger partial charge in [0.15, 0.2) is 0 Å². The van der Waals surface area contributed by atoms with Gasteiger partial charge in [-0.1, -0.05) is 39.0 Å². The second kappa shape index (κ2) is 16.4. The Labute approximate surface area is 84.0 Å². The molecule has 0 aromatic heterocycles. The van der Waals surface area contributed by atoms with E-state index in [4.69, 9.17) is 0 Å². The molecule has 2 heteroatoms. The number of unbranched alkanes of at least 4 members (excludes halogenated alkanes) is 5. The van der Waals surface area contributed by atoms with Gasteiger partial charge < -0.3 is 12.4 Å². The minimum absolute atomic E-state index is 0. The minimum Gasteiger partial charge on any atom is -0.870 e. The first-order valence-corrected chi connectivity index (χ1v) is 3.71. The molecule has 0 heterocycles. The molecule has 0 unspecified atom stereocenters. The van der Waals surface area contributed by atoms with Gasteiger partial charge in [-0.2, -0.15) is 6.42 Å². The molecule has 10 heavy (non-hydrogen) atoms. The standard InChI is InChI=1S/C8H17.H2O.Zr/c1-3-5-7-8-6-4-2;;/h1,3-8H2,2H3;1H2;/q-1;;+2/p-1. The molecule has 0 saturated heterocycles. The topological polar surface area (TPSA) is 30.0 Å². The first-order valence-electron chi connectivity index (χ1n) is 3.71. The van der Waals surface area contributed by atoms with Crippen molar-refractivity contribution < 1.29 is 31.7 Å². The zero-order valence-corrected chi connectivity index (χ0v) is 9.36. The van der Waals surface area contributed by atoms with Gasteiger partial charge in [0.25, 0.3) is 0 Å². The van der Waals surface area contributed by atoms with Gasteiger partial charge in [-0.3, -0.25) is 0 Å². The Morgan fingerprint density at radius 3 is 1.90 bits per heavy atom. The van der Waals surface area contributed by atoms with Crippen LogP contribution in [0.3, 0.4) is 0 Å². The largest absolute Gasteiger partial charge is 2.00 e. The second-order valence-electron chi connectivity index (χ2n) is 2.27. The molecule has 0 fully saturated rings. The number of rotatable bonds is 5. The molecule has 0 amide bonds. The summed E-state index contributed by atoms with van der Waals surface area (Å²) in [7, 11) is 0. The maximum absolute atomic E-state index is 3.78. The molecule has 60 valence electrons. The van der Waals surface area contributed by atoms with Gasteiger partial charge >= 0.3 is 26.2 Å². The third-order valence-corrected chi connectivity index (χ3v) is 1.35. The van der Waals surface area contributed by atoms with Crippen LogP contribution in [0.1, 0.15) is 45.4 Å². The van der Waals surface area contributed by atoms with Crippen LogP contribution in [0.15, 0.2) is 0 Å². The van der Waals surface area contributed by atoms with Crippen LogP contribution in [0.5, 0.6) is 0 Å². The predicted molar refractivity (Wildman–Crippen MR) is 40.7 cm³/mol. The average Bonchev–Trinajstić information content (AvgIpc) is 1.81. The van der Waals surface area contributed by atoms with E-state index >= 15 is 0 Å². The summed E-state index contributed by atoms with van der Waals surface area (Å²) in [4.78, 5) is 0. The fraction of sp³-hybridized carbons (Fsp3) is 0.875. The third kappa shape index (κ3) is 15.9. The molecule has 1 nitrogen and oxygen atoms in total. The van der Waals surface area contributed by atoms with Crippen LogP contribution in [-0.4, -0.2) is 5.48 Å². The van der Waals surface area contributed by atoms with Crippen molar-refractivity contribution in [2.24, 2.45) is 0 Å². The first-order chi connectivity index (χ1) is 3.91. The molecule has 0 rings (SSSR count). The minimum atomic E-state index is 0. The Bertz CT molecular complexity index is 34.2. The molecule has 0 aliphatic rings. The van der Waals surface area contributed by atoms with E-state index in [0.717, 1.165) is 6.42 Å². The van der Waals surface area contributed by atoms with Crippen molar-refractivity contribution >= 4 is 0 Å². The predicted octanol–water partition coefficient (Wildman–Crippen LogP) is 3.00. The zero-order valence-electron chi connectivity index (χ0n) is 6.90. The SMILES string of the molecule is [CH2-]CCCCCCC.[OH-].[Zr+2]. The normalized spacial score (nSPS) is 7.80. The summed E-state index contributed by atoms with van der Waals surface area (Å²) in [5, 5.41) is 0. The quantitative estimate of drug-likeness (QED) is 0.518. The van der Waals surface area contributed by atoms with E-state index in [9.17, 15) is 0 Å². The summed E-state index contributed by atoms with van der Waals surface area (Å²) < 4.78 is 0. The molecule has 0 bridgehead atoms. The maximum atomic E-state index is 3.78. The van der Waals surface area contributed by atoms with Crippen molar-refractivity contribution in [3.05, 3.63) is 6.92 Å². The Kier molecular flexibility index (Phi) is 28.1. The van der Waals surface area contributed by atoms with Crippen LogP contribution in [0.25, 0.3) is 0 Å². The van der Waals surface area contributed by atoms with Gasteiger partial charge in [0.2, 0.25) is 0 Å². The Balaban J connectivity index is -0.000000245. The summed E-state index contributed by atoms with van der Waals surface area (Å²) in [6.07, 6.45) is 7.98. The summed E-state index contributed by atoms with van der Waals surface area (Å²) in [6, 6.07) is 0. The molecule has 0 radical (unpaired) electrons. The second-order valence-corrected chi connectivity index (χ2v) is 2.27. The Hall–Kier alpha value is 0.843. The van der Waals surface area contributed by atoms with Crippen LogP contribution in [0.4, 0.5) is 0 Å². The van der Waals surface area contributed by atoms with Gasteiger partial charge in [-0.15, -0.1) is 0 Å². The Morgan fingerprint density at radius 2 is 1.50 bits per heavy atom. The molecule has 0 aliphatic carbocycles. The Morgan fingerprint density at radius 1 is 1.00 bits per heavy atom. The van der Waals surface area contributed by atoms with Crippen molar-refractivity contribution in [3.63, 3.8) is 0 Å². The third-order valence-electron chi connectivity index (χ3n) is 1.35. The van der Waals surface area contributed by atoms with Crippen LogP contribution in [0, 0.1) is 6.92 Å². The summed E-state index contributed by atoms with van der Waals surface area (Å²) >= 11 is 0. The fourth-order valence-corrected chi connectivity index (χ4v) is 0.780. The van der Waals surface area contributed by atoms with Crippen molar-refractivity contribution in [1.82, 2.24) is 0 Å². The number of hydrogen-bond donors (Lipinski definition) is 0. The van der Waals surface area contributed by atoms with Crippen molar-refractivity contribution in [1.29, 1.82) is 0 Å². The van der Waals surface area contributed by atoms with Crippen molar-refractivity contribution in [2.45, 2.75) is 45.4 Å². The van der Waals surface area contributed by atoms with Crippen LogP contribution >= 0.6 is 0 Å². The molecule has 0 aliphatic heterocycles. The van der Waals surface area contributed by atoms with Crippen LogP contribution < -0.4 is 0 Å². The average molecular weight is 221 g/mol. The molecule has 0 aromatic rings. The molecular weight excluding hydrogens is 203 g/mol. The van der Waals surface area contributed by atoms with Gasteiger partial charge in [0.1, 0.15) is 0 Å². The van der Waals surface area contributed by atoms with E-state index in [0.29, 0.717) is 0 Å². The van der Waals surface area contributed by atoms with Gasteiger partial charge in [-0.25, -0.2) is 0 Å². The summed E-state index contributed by atoms with van der Waals surface area (Å²) in [5.41, 5.74) is 0. The first kappa shape index (κ1) is 17.1. The van der Waals surface area contributed by atoms with E-state index in [1.54, 1.807) is 0 Å². The van der Waals surface area contributed by atoms with E-state index < -0.39 is 0 Å². The summed E-state index contributed by atoms with van der Waals surface area (Å²) in [5.74, 6) is 0. The summed E-state index contributed by atoms with van der Waals surface area (Å²) in [6.45, 7) is 6.02. The van der Waals surface area contributed by atoms with E-state index in [-0.39, 0.29) is 31.7 Å². The van der Waals surface area contributed by atoms with Gasteiger partial charge in [-0.05, 0) is 0 Å². The van der Waals surface area contributed by atoms with Crippen molar-refractivity contribution in [3.8, 4) is 0 Å². The van der Waals surface area contributed by atoms with Gasteiger partial charge in [0.05, 0.1) is 0 Å². The molecule has 0 spiro atoms. The molecule has 0 atom stereocenters. The zero-order chi connectivity index (χ0) is 6.24. The van der Waals surface area contributed by atoms with E-state index in [2.05, 4.69) is 13.8 Å². The monoisotopic (exact) mass is 220 g/mol.